The number of methoxy groups -OCH3 is 3. The molecule has 180 valence electrons. The molecule has 0 atom stereocenters. The Labute approximate surface area is 206 Å². The first kappa shape index (κ1) is 22.9. The topological polar surface area (TPSA) is 109 Å². The number of amides is 1. The van der Waals surface area contributed by atoms with Gasteiger partial charge in [-0.05, 0) is 36.4 Å². The van der Waals surface area contributed by atoms with E-state index in [2.05, 4.69) is 20.4 Å². The van der Waals surface area contributed by atoms with Crippen molar-refractivity contribution in [1.29, 1.82) is 0 Å². The third-order valence-electron chi connectivity index (χ3n) is 5.59. The summed E-state index contributed by atoms with van der Waals surface area (Å²) >= 11 is 0. The lowest BCUT2D eigenvalue weighted by Crippen LogP contribution is -2.14. The molecule has 0 aliphatic rings. The van der Waals surface area contributed by atoms with Gasteiger partial charge in [-0.25, -0.2) is 4.98 Å². The van der Waals surface area contributed by atoms with E-state index in [0.29, 0.717) is 45.6 Å². The molecular weight excluding hydrogens is 460 g/mol. The number of fused-ring (bicyclic) bond motifs is 1. The van der Waals surface area contributed by atoms with Crippen LogP contribution in [0.5, 0.6) is 17.2 Å². The molecule has 0 aliphatic heterocycles. The highest BCUT2D eigenvalue weighted by atomic mass is 16.5. The third kappa shape index (κ3) is 4.29. The highest BCUT2D eigenvalue weighted by Gasteiger charge is 2.20. The van der Waals surface area contributed by atoms with Crippen molar-refractivity contribution in [2.75, 3.05) is 26.6 Å². The summed E-state index contributed by atoms with van der Waals surface area (Å²) in [6.45, 7) is 0. The lowest BCUT2D eigenvalue weighted by molar-refractivity contribution is 0.102. The first-order valence-electron chi connectivity index (χ1n) is 11.0. The second-order valence-corrected chi connectivity index (χ2v) is 7.73. The van der Waals surface area contributed by atoms with E-state index in [1.807, 2.05) is 42.5 Å². The predicted octanol–water partition coefficient (Wildman–Crippen LogP) is 5.23. The van der Waals surface area contributed by atoms with E-state index in [1.54, 1.807) is 30.3 Å². The van der Waals surface area contributed by atoms with Crippen LogP contribution in [0.15, 0.2) is 77.3 Å². The van der Waals surface area contributed by atoms with Gasteiger partial charge in [0.1, 0.15) is 5.69 Å². The van der Waals surface area contributed by atoms with Crippen LogP contribution in [0.25, 0.3) is 33.7 Å². The van der Waals surface area contributed by atoms with Gasteiger partial charge in [-0.15, -0.1) is 0 Å². The lowest BCUT2D eigenvalue weighted by Gasteiger charge is -2.12. The number of hydrogen-bond acceptors (Lipinski definition) is 8. The van der Waals surface area contributed by atoms with Crippen molar-refractivity contribution in [3.8, 4) is 40.1 Å². The van der Waals surface area contributed by atoms with Crippen molar-refractivity contribution in [3.05, 3.63) is 78.5 Å². The van der Waals surface area contributed by atoms with E-state index in [1.165, 1.54) is 21.3 Å². The molecule has 9 nitrogen and oxygen atoms in total. The molecule has 1 N–H and O–H groups in total. The number of pyridine rings is 1. The molecular formula is C27H22N4O5. The number of ether oxygens (including phenoxy) is 3. The molecule has 0 spiro atoms. The molecule has 5 rings (SSSR count). The minimum absolute atomic E-state index is 0.237. The Morgan fingerprint density at radius 2 is 1.56 bits per heavy atom. The fourth-order valence-electron chi connectivity index (χ4n) is 3.82. The Bertz CT molecular complexity index is 1540. The number of para-hydroxylation sites is 2. The number of hydrogen-bond donors (Lipinski definition) is 1. The number of rotatable bonds is 7. The Morgan fingerprint density at radius 3 is 2.31 bits per heavy atom. The molecule has 0 bridgehead atoms. The zero-order valence-electron chi connectivity index (χ0n) is 19.8. The Balaban J connectivity index is 1.45. The van der Waals surface area contributed by atoms with Crippen molar-refractivity contribution >= 4 is 22.5 Å². The Morgan fingerprint density at radius 1 is 0.833 bits per heavy atom. The van der Waals surface area contributed by atoms with E-state index in [0.717, 1.165) is 10.9 Å². The summed E-state index contributed by atoms with van der Waals surface area (Å²) in [6.07, 6.45) is 0. The van der Waals surface area contributed by atoms with Crippen LogP contribution in [0.3, 0.4) is 0 Å². The number of anilines is 1. The molecule has 3 aromatic carbocycles. The fourth-order valence-corrected chi connectivity index (χ4v) is 3.82. The van der Waals surface area contributed by atoms with Gasteiger partial charge in [0.2, 0.25) is 11.6 Å². The molecule has 0 saturated heterocycles. The highest BCUT2D eigenvalue weighted by molar-refractivity contribution is 6.05. The quantitative estimate of drug-likeness (QED) is 0.336. The summed E-state index contributed by atoms with van der Waals surface area (Å²) in [4.78, 5) is 22.0. The van der Waals surface area contributed by atoms with Gasteiger partial charge < -0.3 is 24.1 Å². The highest BCUT2D eigenvalue weighted by Crippen LogP contribution is 2.41. The summed E-state index contributed by atoms with van der Waals surface area (Å²) in [5, 5.41) is 7.98. The first-order valence-corrected chi connectivity index (χ1v) is 11.0. The van der Waals surface area contributed by atoms with Gasteiger partial charge in [-0.2, -0.15) is 4.98 Å². The van der Waals surface area contributed by atoms with Crippen LogP contribution in [0.2, 0.25) is 0 Å². The summed E-state index contributed by atoms with van der Waals surface area (Å²) in [5.41, 5.74) is 2.73. The SMILES string of the molecule is COc1cc(-c2noc(-c3ccccc3NC(=O)c3ccc4ccccc4n3)n2)cc(OC)c1OC. The van der Waals surface area contributed by atoms with Crippen molar-refractivity contribution in [2.45, 2.75) is 0 Å². The van der Waals surface area contributed by atoms with Gasteiger partial charge >= 0.3 is 0 Å². The Kier molecular flexibility index (Phi) is 6.19. The van der Waals surface area contributed by atoms with Gasteiger partial charge in [-0.1, -0.05) is 41.6 Å². The molecule has 0 fully saturated rings. The van der Waals surface area contributed by atoms with Crippen LogP contribution in [0, 0.1) is 0 Å². The second-order valence-electron chi connectivity index (χ2n) is 7.73. The zero-order chi connectivity index (χ0) is 25.1. The van der Waals surface area contributed by atoms with E-state index >= 15 is 0 Å². The first-order chi connectivity index (χ1) is 17.6. The maximum Gasteiger partial charge on any atom is 0.274 e. The molecule has 0 unspecified atom stereocenters. The van der Waals surface area contributed by atoms with Crippen LogP contribution < -0.4 is 19.5 Å². The maximum atomic E-state index is 13.0. The summed E-state index contributed by atoms with van der Waals surface area (Å²) in [6, 6.07) is 21.8. The van der Waals surface area contributed by atoms with Crippen LogP contribution in [-0.4, -0.2) is 42.4 Å². The molecule has 2 aromatic heterocycles. The second kappa shape index (κ2) is 9.75. The average Bonchev–Trinajstić information content (AvgIpc) is 3.42. The molecule has 0 radical (unpaired) electrons. The lowest BCUT2D eigenvalue weighted by atomic mass is 10.1. The third-order valence-corrected chi connectivity index (χ3v) is 5.59. The zero-order valence-corrected chi connectivity index (χ0v) is 19.8. The molecule has 36 heavy (non-hydrogen) atoms. The molecule has 2 heterocycles. The van der Waals surface area contributed by atoms with E-state index < -0.39 is 0 Å². The van der Waals surface area contributed by atoms with Gasteiger partial charge in [0.15, 0.2) is 11.5 Å². The van der Waals surface area contributed by atoms with Crippen LogP contribution >= 0.6 is 0 Å². The summed E-state index contributed by atoms with van der Waals surface area (Å²) in [7, 11) is 4.60. The average molecular weight is 482 g/mol. The molecule has 1 amide bonds. The summed E-state index contributed by atoms with van der Waals surface area (Å²) < 4.78 is 21.8. The van der Waals surface area contributed by atoms with Gasteiger partial charge in [0, 0.05) is 10.9 Å². The number of carbonyl (C=O) groups excluding carboxylic acids is 1. The van der Waals surface area contributed by atoms with Crippen LogP contribution in [0.4, 0.5) is 5.69 Å². The number of nitrogens with one attached hydrogen (secondary N) is 1. The van der Waals surface area contributed by atoms with E-state index in [-0.39, 0.29) is 11.8 Å². The van der Waals surface area contributed by atoms with Crippen molar-refractivity contribution in [1.82, 2.24) is 15.1 Å². The Hall–Kier alpha value is -4.92. The predicted molar refractivity (Wildman–Crippen MR) is 135 cm³/mol. The molecule has 5 aromatic rings. The maximum absolute atomic E-state index is 13.0. The van der Waals surface area contributed by atoms with Crippen molar-refractivity contribution in [2.24, 2.45) is 0 Å². The van der Waals surface area contributed by atoms with Gasteiger partial charge in [-0.3, -0.25) is 4.79 Å². The fraction of sp³-hybridized carbons (Fsp3) is 0.111. The van der Waals surface area contributed by atoms with Crippen molar-refractivity contribution < 1.29 is 23.5 Å². The number of nitrogens with zero attached hydrogens (tertiary/aromatic N) is 3. The molecule has 9 heteroatoms. The molecule has 0 saturated carbocycles. The number of benzene rings is 3. The smallest absolute Gasteiger partial charge is 0.274 e. The minimum Gasteiger partial charge on any atom is -0.493 e. The largest absolute Gasteiger partial charge is 0.493 e. The standard InChI is InChI=1S/C27H22N4O5/c1-33-22-14-17(15-23(34-2)24(22)35-3)25-30-27(36-31-25)18-9-5-7-11-20(18)29-26(32)21-13-12-16-8-4-6-10-19(16)28-21/h4-15H,1-3H3,(H,29,32). The van der Waals surface area contributed by atoms with Gasteiger partial charge in [0.25, 0.3) is 11.8 Å². The monoisotopic (exact) mass is 482 g/mol. The van der Waals surface area contributed by atoms with E-state index in [4.69, 9.17) is 18.7 Å². The summed E-state index contributed by atoms with van der Waals surface area (Å²) in [5.74, 6) is 1.60. The van der Waals surface area contributed by atoms with E-state index in [9.17, 15) is 4.79 Å². The molecule has 0 aliphatic carbocycles. The van der Waals surface area contributed by atoms with Crippen LogP contribution in [0.1, 0.15) is 10.5 Å². The van der Waals surface area contributed by atoms with Gasteiger partial charge in [0.05, 0.1) is 38.1 Å². The normalized spacial score (nSPS) is 10.8. The van der Waals surface area contributed by atoms with Crippen LogP contribution in [-0.2, 0) is 0 Å². The number of aromatic nitrogens is 3. The van der Waals surface area contributed by atoms with Crippen molar-refractivity contribution in [3.63, 3.8) is 0 Å². The number of carbonyl (C=O) groups is 1. The minimum atomic E-state index is -0.349.